The standard InChI is InChI=1S/C12H18O2/c1-12(2,13)8-10-4-6-11(7-5-10)9-14-3/h4-7,13H,8-9H2,1-3H3. The quantitative estimate of drug-likeness (QED) is 0.795. The van der Waals surface area contributed by atoms with Gasteiger partial charge in [0, 0.05) is 13.5 Å². The Hall–Kier alpha value is -0.860. The molecule has 0 heterocycles. The van der Waals surface area contributed by atoms with Crippen LogP contribution in [0, 0.1) is 0 Å². The van der Waals surface area contributed by atoms with Crippen LogP contribution in [0.4, 0.5) is 0 Å². The summed E-state index contributed by atoms with van der Waals surface area (Å²) >= 11 is 0. The first-order chi connectivity index (χ1) is 6.51. The van der Waals surface area contributed by atoms with Gasteiger partial charge in [-0.2, -0.15) is 0 Å². The van der Waals surface area contributed by atoms with Crippen LogP contribution in [0.1, 0.15) is 25.0 Å². The fraction of sp³-hybridized carbons (Fsp3) is 0.500. The van der Waals surface area contributed by atoms with E-state index in [0.29, 0.717) is 13.0 Å². The highest BCUT2D eigenvalue weighted by atomic mass is 16.5. The summed E-state index contributed by atoms with van der Waals surface area (Å²) in [6.45, 7) is 4.27. The topological polar surface area (TPSA) is 29.5 Å². The highest BCUT2D eigenvalue weighted by Crippen LogP contribution is 2.13. The number of aliphatic hydroxyl groups is 1. The molecule has 0 amide bonds. The van der Waals surface area contributed by atoms with Gasteiger partial charge in [-0.05, 0) is 25.0 Å². The predicted octanol–water partition coefficient (Wildman–Crippen LogP) is 2.15. The Labute approximate surface area is 85.5 Å². The van der Waals surface area contributed by atoms with E-state index < -0.39 is 5.60 Å². The number of rotatable bonds is 4. The van der Waals surface area contributed by atoms with Gasteiger partial charge in [0.2, 0.25) is 0 Å². The summed E-state index contributed by atoms with van der Waals surface area (Å²) in [6.07, 6.45) is 0.681. The van der Waals surface area contributed by atoms with E-state index in [9.17, 15) is 5.11 Å². The van der Waals surface area contributed by atoms with Crippen molar-refractivity contribution in [3.63, 3.8) is 0 Å². The molecule has 14 heavy (non-hydrogen) atoms. The van der Waals surface area contributed by atoms with E-state index in [1.165, 1.54) is 0 Å². The molecule has 2 nitrogen and oxygen atoms in total. The van der Waals surface area contributed by atoms with Crippen LogP contribution in [0.5, 0.6) is 0 Å². The van der Waals surface area contributed by atoms with E-state index in [1.54, 1.807) is 7.11 Å². The normalized spacial score (nSPS) is 11.7. The molecule has 78 valence electrons. The lowest BCUT2D eigenvalue weighted by Gasteiger charge is -2.16. The third-order valence-corrected chi connectivity index (χ3v) is 1.97. The molecule has 0 atom stereocenters. The summed E-state index contributed by atoms with van der Waals surface area (Å²) in [7, 11) is 1.69. The summed E-state index contributed by atoms with van der Waals surface area (Å²) in [5.74, 6) is 0. The molecule has 0 unspecified atom stereocenters. The number of hydrogen-bond donors (Lipinski definition) is 1. The molecule has 0 fully saturated rings. The predicted molar refractivity (Wildman–Crippen MR) is 57.2 cm³/mol. The highest BCUT2D eigenvalue weighted by Gasteiger charge is 2.12. The van der Waals surface area contributed by atoms with E-state index in [4.69, 9.17) is 4.74 Å². The average molecular weight is 194 g/mol. The second-order valence-electron chi connectivity index (χ2n) is 4.24. The van der Waals surface area contributed by atoms with Gasteiger partial charge < -0.3 is 9.84 Å². The van der Waals surface area contributed by atoms with Crippen molar-refractivity contribution >= 4 is 0 Å². The lowest BCUT2D eigenvalue weighted by Crippen LogP contribution is -2.21. The second-order valence-corrected chi connectivity index (χ2v) is 4.24. The smallest absolute Gasteiger partial charge is 0.0713 e. The Balaban J connectivity index is 2.64. The fourth-order valence-corrected chi connectivity index (χ4v) is 1.42. The van der Waals surface area contributed by atoms with Gasteiger partial charge in [-0.25, -0.2) is 0 Å². The maximum atomic E-state index is 9.62. The van der Waals surface area contributed by atoms with Crippen LogP contribution in [0.3, 0.4) is 0 Å². The minimum atomic E-state index is -0.636. The average Bonchev–Trinajstić information content (AvgIpc) is 2.06. The molecule has 0 saturated carbocycles. The molecular formula is C12H18O2. The van der Waals surface area contributed by atoms with E-state index in [0.717, 1.165) is 11.1 Å². The van der Waals surface area contributed by atoms with Gasteiger partial charge in [-0.3, -0.25) is 0 Å². The molecule has 0 aliphatic rings. The van der Waals surface area contributed by atoms with Crippen molar-refractivity contribution in [1.82, 2.24) is 0 Å². The molecule has 0 aromatic heterocycles. The summed E-state index contributed by atoms with van der Waals surface area (Å²) in [5, 5.41) is 9.62. The van der Waals surface area contributed by atoms with Gasteiger partial charge >= 0.3 is 0 Å². The molecule has 1 rings (SSSR count). The Morgan fingerprint density at radius 1 is 1.14 bits per heavy atom. The molecule has 0 spiro atoms. The van der Waals surface area contributed by atoms with Crippen LogP contribution in [0.2, 0.25) is 0 Å². The first-order valence-corrected chi connectivity index (χ1v) is 4.80. The first kappa shape index (κ1) is 11.2. The van der Waals surface area contributed by atoms with Gasteiger partial charge in [0.05, 0.1) is 12.2 Å². The maximum absolute atomic E-state index is 9.62. The number of methoxy groups -OCH3 is 1. The molecule has 0 aliphatic heterocycles. The van der Waals surface area contributed by atoms with Crippen molar-refractivity contribution < 1.29 is 9.84 Å². The number of ether oxygens (including phenoxy) is 1. The van der Waals surface area contributed by atoms with Crippen LogP contribution in [-0.4, -0.2) is 17.8 Å². The lowest BCUT2D eigenvalue weighted by atomic mass is 9.98. The van der Waals surface area contributed by atoms with E-state index in [-0.39, 0.29) is 0 Å². The molecule has 0 radical (unpaired) electrons. The van der Waals surface area contributed by atoms with Gasteiger partial charge in [0.1, 0.15) is 0 Å². The van der Waals surface area contributed by atoms with Gasteiger partial charge in [0.15, 0.2) is 0 Å². The number of hydrogen-bond acceptors (Lipinski definition) is 2. The lowest BCUT2D eigenvalue weighted by molar-refractivity contribution is 0.0810. The fourth-order valence-electron chi connectivity index (χ4n) is 1.42. The zero-order valence-corrected chi connectivity index (χ0v) is 9.08. The largest absolute Gasteiger partial charge is 0.390 e. The second kappa shape index (κ2) is 4.58. The third-order valence-electron chi connectivity index (χ3n) is 1.97. The minimum Gasteiger partial charge on any atom is -0.390 e. The van der Waals surface area contributed by atoms with E-state index >= 15 is 0 Å². The van der Waals surface area contributed by atoms with Crippen molar-refractivity contribution in [1.29, 1.82) is 0 Å². The Kier molecular flexibility index (Phi) is 3.67. The third kappa shape index (κ3) is 3.90. The van der Waals surface area contributed by atoms with E-state index in [1.807, 2.05) is 38.1 Å². The number of benzene rings is 1. The van der Waals surface area contributed by atoms with Crippen molar-refractivity contribution in [3.8, 4) is 0 Å². The Morgan fingerprint density at radius 3 is 2.07 bits per heavy atom. The van der Waals surface area contributed by atoms with Crippen molar-refractivity contribution in [2.45, 2.75) is 32.5 Å². The molecule has 1 aromatic carbocycles. The summed E-state index contributed by atoms with van der Waals surface area (Å²) in [6, 6.07) is 8.13. The highest BCUT2D eigenvalue weighted by molar-refractivity contribution is 5.23. The Morgan fingerprint density at radius 2 is 1.64 bits per heavy atom. The molecule has 0 aliphatic carbocycles. The van der Waals surface area contributed by atoms with Crippen LogP contribution in [0.25, 0.3) is 0 Å². The summed E-state index contributed by atoms with van der Waals surface area (Å²) in [4.78, 5) is 0. The molecule has 1 aromatic rings. The zero-order valence-electron chi connectivity index (χ0n) is 9.08. The summed E-state index contributed by atoms with van der Waals surface area (Å²) in [5.41, 5.74) is 1.67. The molecule has 1 N–H and O–H groups in total. The first-order valence-electron chi connectivity index (χ1n) is 4.80. The van der Waals surface area contributed by atoms with Crippen molar-refractivity contribution in [2.75, 3.05) is 7.11 Å². The maximum Gasteiger partial charge on any atom is 0.0713 e. The van der Waals surface area contributed by atoms with Gasteiger partial charge in [0.25, 0.3) is 0 Å². The molecule has 2 heteroatoms. The monoisotopic (exact) mass is 194 g/mol. The molecule has 0 saturated heterocycles. The Bertz CT molecular complexity index is 269. The van der Waals surface area contributed by atoms with Crippen LogP contribution in [0.15, 0.2) is 24.3 Å². The zero-order chi connectivity index (χ0) is 10.6. The van der Waals surface area contributed by atoms with Crippen molar-refractivity contribution in [2.24, 2.45) is 0 Å². The van der Waals surface area contributed by atoms with Crippen LogP contribution >= 0.6 is 0 Å². The minimum absolute atomic E-state index is 0.636. The molecule has 0 bridgehead atoms. The summed E-state index contributed by atoms with van der Waals surface area (Å²) < 4.78 is 5.02. The van der Waals surface area contributed by atoms with Gasteiger partial charge in [-0.1, -0.05) is 24.3 Å². The molecular weight excluding hydrogens is 176 g/mol. The SMILES string of the molecule is COCc1ccc(CC(C)(C)O)cc1. The van der Waals surface area contributed by atoms with Crippen molar-refractivity contribution in [3.05, 3.63) is 35.4 Å². The van der Waals surface area contributed by atoms with E-state index in [2.05, 4.69) is 0 Å². The van der Waals surface area contributed by atoms with Crippen LogP contribution in [-0.2, 0) is 17.8 Å². The van der Waals surface area contributed by atoms with Gasteiger partial charge in [-0.15, -0.1) is 0 Å². The van der Waals surface area contributed by atoms with Crippen LogP contribution < -0.4 is 0 Å².